The first kappa shape index (κ1) is 38.6. The lowest BCUT2D eigenvalue weighted by Crippen LogP contribution is -2.24. The minimum Gasteiger partial charge on any atom is -0.384 e. The highest BCUT2D eigenvalue weighted by Gasteiger charge is 2.41. The Morgan fingerprint density at radius 1 is 0.550 bits per heavy atom. The standard InChI is InChI=1S/2C25H23N3O2/c1-14-10-23(26)28-15(2)21(14)13-27-25(29)17-8-9-18-20(11-17)22-12-19(24(18)30-22)16-6-4-3-5-7-16;1-14-10-23(26)28-15(2)21(14)13-27-25(29)17-8-9-18-20(11-17)24-19(12-22(18)30-24)16-6-4-3-5-7-16/h2*3-12,22,24H,13H2,1-2H3,(H2,26,28)(H,27,29). The monoisotopic (exact) mass is 794 g/mol. The molecule has 4 aliphatic heterocycles. The van der Waals surface area contributed by atoms with Gasteiger partial charge in [-0.05, 0) is 143 Å². The summed E-state index contributed by atoms with van der Waals surface area (Å²) in [5.41, 5.74) is 27.7. The lowest BCUT2D eigenvalue weighted by Gasteiger charge is -2.16. The number of carbonyl (C=O) groups is 2. The number of anilines is 2. The maximum absolute atomic E-state index is 12.9. The number of nitrogen functional groups attached to an aromatic ring is 2. The van der Waals surface area contributed by atoms with E-state index in [9.17, 15) is 9.59 Å². The van der Waals surface area contributed by atoms with Gasteiger partial charge in [-0.3, -0.25) is 9.59 Å². The second kappa shape index (κ2) is 15.7. The summed E-state index contributed by atoms with van der Waals surface area (Å²) in [6.45, 7) is 8.61. The van der Waals surface area contributed by atoms with Gasteiger partial charge in [0.2, 0.25) is 0 Å². The molecule has 6 N–H and O–H groups in total. The van der Waals surface area contributed by atoms with Crippen molar-refractivity contribution in [3.8, 4) is 0 Å². The molecule has 300 valence electrons. The van der Waals surface area contributed by atoms with Crippen LogP contribution in [0.2, 0.25) is 0 Å². The Morgan fingerprint density at radius 3 is 1.47 bits per heavy atom. The number of rotatable bonds is 8. The topological polar surface area (TPSA) is 154 Å². The maximum Gasteiger partial charge on any atom is 0.251 e. The lowest BCUT2D eigenvalue weighted by molar-refractivity contribution is 0.0912. The number of nitrogens with zero attached hydrogens (tertiary/aromatic N) is 2. The zero-order valence-corrected chi connectivity index (χ0v) is 34.0. The van der Waals surface area contributed by atoms with Gasteiger partial charge in [0.1, 0.15) is 36.1 Å². The minimum atomic E-state index is -0.120. The highest BCUT2D eigenvalue weighted by Crippen LogP contribution is 2.54. The number of carbonyl (C=O) groups excluding carboxylic acids is 2. The zero-order valence-electron chi connectivity index (χ0n) is 34.0. The molecule has 4 atom stereocenters. The van der Waals surface area contributed by atoms with Crippen molar-refractivity contribution in [2.45, 2.75) is 65.2 Å². The highest BCUT2D eigenvalue weighted by molar-refractivity contribution is 5.95. The fourth-order valence-corrected chi connectivity index (χ4v) is 8.84. The molecule has 2 amide bonds. The molecule has 10 nitrogen and oxygen atoms in total. The van der Waals surface area contributed by atoms with Crippen LogP contribution in [0.5, 0.6) is 0 Å². The van der Waals surface area contributed by atoms with Crippen LogP contribution in [-0.2, 0) is 22.6 Å². The van der Waals surface area contributed by atoms with Gasteiger partial charge in [-0.25, -0.2) is 9.97 Å². The number of aryl methyl sites for hydroxylation is 4. The molecule has 4 aliphatic rings. The van der Waals surface area contributed by atoms with Crippen molar-refractivity contribution >= 4 is 34.6 Å². The SMILES string of the molecule is Cc1cc(N)nc(C)c1CNC(=O)c1ccc2c(c1)C1C=C(c3ccccc3)C2O1.Cc1cc(N)nc(C)c1CNC(=O)c1ccc2c(c1)C1OC2C=C1c1ccccc1. The van der Waals surface area contributed by atoms with E-state index >= 15 is 0 Å². The van der Waals surface area contributed by atoms with Crippen LogP contribution in [-0.4, -0.2) is 21.8 Å². The number of pyridine rings is 2. The van der Waals surface area contributed by atoms with Crippen molar-refractivity contribution in [2.75, 3.05) is 11.5 Å². The van der Waals surface area contributed by atoms with Gasteiger partial charge in [-0.2, -0.15) is 0 Å². The van der Waals surface area contributed by atoms with Crippen LogP contribution in [0, 0.1) is 27.7 Å². The largest absolute Gasteiger partial charge is 0.384 e. The number of hydrogen-bond donors (Lipinski definition) is 4. The molecule has 0 radical (unpaired) electrons. The minimum absolute atomic E-state index is 0.0385. The molecule has 4 aromatic carbocycles. The molecule has 0 saturated carbocycles. The summed E-state index contributed by atoms with van der Waals surface area (Å²) in [7, 11) is 0. The van der Waals surface area contributed by atoms with E-state index in [1.807, 2.05) is 113 Å². The molecule has 10 heteroatoms. The first-order chi connectivity index (χ1) is 29.0. The Bertz CT molecular complexity index is 2700. The van der Waals surface area contributed by atoms with E-state index in [0.717, 1.165) is 61.5 Å². The normalized spacial score (nSPS) is 18.8. The average molecular weight is 795 g/mol. The summed E-state index contributed by atoms with van der Waals surface area (Å²) < 4.78 is 12.3. The van der Waals surface area contributed by atoms with Crippen LogP contribution in [0.25, 0.3) is 11.1 Å². The Kier molecular flexibility index (Phi) is 10.1. The van der Waals surface area contributed by atoms with Crippen LogP contribution in [0.15, 0.2) is 121 Å². The third-order valence-corrected chi connectivity index (χ3v) is 11.9. The van der Waals surface area contributed by atoms with Gasteiger partial charge in [0.05, 0.1) is 0 Å². The molecule has 60 heavy (non-hydrogen) atoms. The summed E-state index contributed by atoms with van der Waals surface area (Å²) >= 11 is 0. The quantitative estimate of drug-likeness (QED) is 0.119. The molecule has 2 aromatic heterocycles. The van der Waals surface area contributed by atoms with E-state index in [1.54, 1.807) is 0 Å². The van der Waals surface area contributed by atoms with E-state index in [-0.39, 0.29) is 36.2 Å². The zero-order chi connectivity index (χ0) is 41.7. The third kappa shape index (κ3) is 7.25. The number of ether oxygens (including phenoxy) is 2. The van der Waals surface area contributed by atoms with Crippen molar-refractivity contribution in [1.29, 1.82) is 0 Å². The molecule has 0 spiro atoms. The highest BCUT2D eigenvalue weighted by atomic mass is 16.5. The number of fused-ring (bicyclic) bond motifs is 10. The van der Waals surface area contributed by atoms with E-state index in [4.69, 9.17) is 20.9 Å². The molecule has 0 aliphatic carbocycles. The van der Waals surface area contributed by atoms with Crippen LogP contribution in [0.1, 0.15) is 112 Å². The summed E-state index contributed by atoms with van der Waals surface area (Å²) in [4.78, 5) is 34.2. The fraction of sp³-hybridized carbons (Fsp3) is 0.200. The number of nitrogens with one attached hydrogen (secondary N) is 2. The van der Waals surface area contributed by atoms with Crippen molar-refractivity contribution in [3.63, 3.8) is 0 Å². The van der Waals surface area contributed by atoms with Crippen molar-refractivity contribution in [1.82, 2.24) is 20.6 Å². The molecular weight excluding hydrogens is 749 g/mol. The Morgan fingerprint density at radius 2 is 0.983 bits per heavy atom. The van der Waals surface area contributed by atoms with Crippen LogP contribution >= 0.6 is 0 Å². The number of amides is 2. The van der Waals surface area contributed by atoms with Crippen LogP contribution < -0.4 is 22.1 Å². The summed E-state index contributed by atoms with van der Waals surface area (Å²) in [6.07, 6.45) is 4.03. The first-order valence-electron chi connectivity index (χ1n) is 20.2. The fourth-order valence-electron chi connectivity index (χ4n) is 8.84. The summed E-state index contributed by atoms with van der Waals surface area (Å²) in [5.74, 6) is 0.776. The molecule has 6 aromatic rings. The van der Waals surface area contributed by atoms with Gasteiger partial charge in [0.25, 0.3) is 11.8 Å². The number of nitrogens with two attached hydrogens (primary N) is 2. The van der Waals surface area contributed by atoms with Crippen molar-refractivity contribution in [2.24, 2.45) is 0 Å². The molecule has 4 bridgehead atoms. The van der Waals surface area contributed by atoms with E-state index < -0.39 is 0 Å². The van der Waals surface area contributed by atoms with Crippen molar-refractivity contribution < 1.29 is 19.1 Å². The number of hydrogen-bond acceptors (Lipinski definition) is 8. The molecule has 0 saturated heterocycles. The van der Waals surface area contributed by atoms with Crippen LogP contribution in [0.4, 0.5) is 11.6 Å². The van der Waals surface area contributed by atoms with Gasteiger partial charge in [0, 0.05) is 35.6 Å². The van der Waals surface area contributed by atoms with E-state index in [2.05, 4.69) is 57.0 Å². The number of aromatic nitrogens is 2. The predicted molar refractivity (Wildman–Crippen MR) is 233 cm³/mol. The van der Waals surface area contributed by atoms with Gasteiger partial charge >= 0.3 is 0 Å². The van der Waals surface area contributed by atoms with Gasteiger partial charge in [-0.1, -0.05) is 72.8 Å². The molecule has 6 heterocycles. The molecular formula is C50H46N6O4. The smallest absolute Gasteiger partial charge is 0.251 e. The molecule has 0 fully saturated rings. The van der Waals surface area contributed by atoms with Crippen LogP contribution in [0.3, 0.4) is 0 Å². The predicted octanol–water partition coefficient (Wildman–Crippen LogP) is 8.84. The van der Waals surface area contributed by atoms with E-state index in [0.29, 0.717) is 35.9 Å². The van der Waals surface area contributed by atoms with E-state index in [1.165, 1.54) is 16.7 Å². The second-order valence-corrected chi connectivity index (χ2v) is 15.8. The number of benzene rings is 4. The lowest BCUT2D eigenvalue weighted by atomic mass is 9.87. The van der Waals surface area contributed by atoms with Gasteiger partial charge in [0.15, 0.2) is 0 Å². The van der Waals surface area contributed by atoms with Gasteiger partial charge < -0.3 is 31.6 Å². The molecule has 4 unspecified atom stereocenters. The average Bonchev–Trinajstić information content (AvgIpc) is 4.04. The summed E-state index contributed by atoms with van der Waals surface area (Å²) in [5, 5.41) is 6.03. The Hall–Kier alpha value is -6.88. The summed E-state index contributed by atoms with van der Waals surface area (Å²) in [6, 6.07) is 35.9. The third-order valence-electron chi connectivity index (χ3n) is 11.9. The Labute approximate surface area is 349 Å². The second-order valence-electron chi connectivity index (χ2n) is 15.8. The first-order valence-corrected chi connectivity index (χ1v) is 20.2. The Balaban J connectivity index is 0.000000154. The van der Waals surface area contributed by atoms with Crippen molar-refractivity contribution in [3.05, 3.63) is 199 Å². The maximum atomic E-state index is 12.9. The molecule has 10 rings (SSSR count). The van der Waals surface area contributed by atoms with Gasteiger partial charge in [-0.15, -0.1) is 0 Å².